The summed E-state index contributed by atoms with van der Waals surface area (Å²) in [6.07, 6.45) is 20.0. The summed E-state index contributed by atoms with van der Waals surface area (Å²) in [5.74, 6) is 0.956. The zero-order valence-electron chi connectivity index (χ0n) is 18.6. The first-order valence-corrected chi connectivity index (χ1v) is 12.2. The minimum Gasteiger partial charge on any atom is -0.303 e. The van der Waals surface area contributed by atoms with E-state index < -0.39 is 0 Å². The Kier molecular flexibility index (Phi) is 15.7. The molecule has 0 bridgehead atoms. The van der Waals surface area contributed by atoms with Gasteiger partial charge >= 0.3 is 0 Å². The summed E-state index contributed by atoms with van der Waals surface area (Å²) in [4.78, 5) is 5.45. The average Bonchev–Trinajstić information content (AvgIpc) is 2.65. The van der Waals surface area contributed by atoms with Crippen LogP contribution >= 0.6 is 0 Å². The van der Waals surface area contributed by atoms with Crippen molar-refractivity contribution in [2.75, 3.05) is 39.3 Å². The second kappa shape index (κ2) is 17.0. The Morgan fingerprint density at radius 2 is 1.15 bits per heavy atom. The lowest BCUT2D eigenvalue weighted by Crippen LogP contribution is -2.39. The largest absolute Gasteiger partial charge is 0.303 e. The molecule has 0 unspecified atom stereocenters. The van der Waals surface area contributed by atoms with E-state index in [1.807, 2.05) is 0 Å². The second-order valence-electron chi connectivity index (χ2n) is 8.77. The molecule has 26 heavy (non-hydrogen) atoms. The molecule has 1 aliphatic heterocycles. The molecule has 0 radical (unpaired) electrons. The van der Waals surface area contributed by atoms with Gasteiger partial charge < -0.3 is 9.80 Å². The highest BCUT2D eigenvalue weighted by Gasteiger charge is 2.20. The van der Waals surface area contributed by atoms with Crippen molar-refractivity contribution < 1.29 is 0 Å². The normalized spacial score (nSPS) is 16.6. The standard InChI is InChI=1S/C24H50N2/c1-4-7-8-9-10-11-12-13-14-15-20-25-21-16-24(17-22-25)23-26(18-5-2)19-6-3/h24H,4-23H2,1-3H3. The summed E-state index contributed by atoms with van der Waals surface area (Å²) in [6.45, 7) is 15.0. The van der Waals surface area contributed by atoms with Gasteiger partial charge in [0.25, 0.3) is 0 Å². The fourth-order valence-electron chi connectivity index (χ4n) is 4.51. The zero-order valence-corrected chi connectivity index (χ0v) is 18.6. The number of hydrogen-bond donors (Lipinski definition) is 0. The number of likely N-dealkylation sites (tertiary alicyclic amines) is 1. The van der Waals surface area contributed by atoms with Gasteiger partial charge in [-0.05, 0) is 70.7 Å². The Balaban J connectivity index is 1.95. The third kappa shape index (κ3) is 12.3. The summed E-state index contributed by atoms with van der Waals surface area (Å²) in [7, 11) is 0. The van der Waals surface area contributed by atoms with Gasteiger partial charge in [0.05, 0.1) is 0 Å². The van der Waals surface area contributed by atoms with E-state index >= 15 is 0 Å². The van der Waals surface area contributed by atoms with Gasteiger partial charge in [-0.15, -0.1) is 0 Å². The van der Waals surface area contributed by atoms with Gasteiger partial charge in [-0.3, -0.25) is 0 Å². The van der Waals surface area contributed by atoms with Crippen molar-refractivity contribution in [2.24, 2.45) is 5.92 Å². The highest BCUT2D eigenvalue weighted by atomic mass is 15.1. The van der Waals surface area contributed by atoms with Crippen LogP contribution in [-0.2, 0) is 0 Å². The van der Waals surface area contributed by atoms with Crippen LogP contribution in [0.4, 0.5) is 0 Å². The molecule has 1 fully saturated rings. The predicted octanol–water partition coefficient (Wildman–Crippen LogP) is 6.74. The first-order valence-electron chi connectivity index (χ1n) is 12.2. The molecule has 0 aromatic carbocycles. The van der Waals surface area contributed by atoms with Gasteiger partial charge in [0.1, 0.15) is 0 Å². The molecule has 0 aliphatic carbocycles. The number of unbranched alkanes of at least 4 members (excludes halogenated alkanes) is 9. The molecule has 2 nitrogen and oxygen atoms in total. The van der Waals surface area contributed by atoms with E-state index in [9.17, 15) is 0 Å². The summed E-state index contributed by atoms with van der Waals surface area (Å²) < 4.78 is 0. The van der Waals surface area contributed by atoms with E-state index in [2.05, 4.69) is 30.6 Å². The highest BCUT2D eigenvalue weighted by Crippen LogP contribution is 2.19. The molecule has 1 rings (SSSR count). The van der Waals surface area contributed by atoms with Crippen LogP contribution in [-0.4, -0.2) is 49.1 Å². The van der Waals surface area contributed by atoms with Gasteiger partial charge in [0, 0.05) is 6.54 Å². The van der Waals surface area contributed by atoms with Crippen LogP contribution in [0.5, 0.6) is 0 Å². The van der Waals surface area contributed by atoms with Crippen LogP contribution in [0, 0.1) is 5.92 Å². The summed E-state index contributed by atoms with van der Waals surface area (Å²) in [5.41, 5.74) is 0. The van der Waals surface area contributed by atoms with Crippen LogP contribution in [0.2, 0.25) is 0 Å². The minimum atomic E-state index is 0.956. The van der Waals surface area contributed by atoms with Crippen molar-refractivity contribution in [3.8, 4) is 0 Å². The lowest BCUT2D eigenvalue weighted by Gasteiger charge is -2.35. The number of piperidine rings is 1. The van der Waals surface area contributed by atoms with E-state index in [1.165, 1.54) is 129 Å². The van der Waals surface area contributed by atoms with Gasteiger partial charge in [-0.1, -0.05) is 78.6 Å². The Labute approximate surface area is 166 Å². The lowest BCUT2D eigenvalue weighted by atomic mass is 9.95. The molecular weight excluding hydrogens is 316 g/mol. The first-order chi connectivity index (χ1) is 12.8. The van der Waals surface area contributed by atoms with Crippen molar-refractivity contribution in [1.29, 1.82) is 0 Å². The number of hydrogen-bond acceptors (Lipinski definition) is 2. The highest BCUT2D eigenvalue weighted by molar-refractivity contribution is 4.75. The third-order valence-electron chi connectivity index (χ3n) is 6.13. The summed E-state index contributed by atoms with van der Waals surface area (Å²) in [5, 5.41) is 0. The molecule has 1 heterocycles. The summed E-state index contributed by atoms with van der Waals surface area (Å²) >= 11 is 0. The van der Waals surface area contributed by atoms with Crippen molar-refractivity contribution in [1.82, 2.24) is 9.80 Å². The number of rotatable bonds is 17. The van der Waals surface area contributed by atoms with Gasteiger partial charge in [0.15, 0.2) is 0 Å². The monoisotopic (exact) mass is 366 g/mol. The first kappa shape index (κ1) is 24.0. The fraction of sp³-hybridized carbons (Fsp3) is 1.00. The molecule has 156 valence electrons. The van der Waals surface area contributed by atoms with E-state index in [1.54, 1.807) is 0 Å². The molecular formula is C24H50N2. The lowest BCUT2D eigenvalue weighted by molar-refractivity contribution is 0.141. The van der Waals surface area contributed by atoms with E-state index in [-0.39, 0.29) is 0 Å². The van der Waals surface area contributed by atoms with Crippen molar-refractivity contribution in [3.05, 3.63) is 0 Å². The molecule has 1 saturated heterocycles. The third-order valence-corrected chi connectivity index (χ3v) is 6.13. The maximum atomic E-state index is 2.74. The molecule has 0 spiro atoms. The smallest absolute Gasteiger partial charge is 0.00106 e. The summed E-state index contributed by atoms with van der Waals surface area (Å²) in [6, 6.07) is 0. The van der Waals surface area contributed by atoms with Crippen LogP contribution in [0.15, 0.2) is 0 Å². The number of nitrogens with zero attached hydrogens (tertiary/aromatic N) is 2. The molecule has 2 heteroatoms. The predicted molar refractivity (Wildman–Crippen MR) is 118 cm³/mol. The van der Waals surface area contributed by atoms with Crippen LogP contribution in [0.25, 0.3) is 0 Å². The van der Waals surface area contributed by atoms with Crippen molar-refractivity contribution in [3.63, 3.8) is 0 Å². The second-order valence-corrected chi connectivity index (χ2v) is 8.77. The molecule has 0 aromatic rings. The Morgan fingerprint density at radius 1 is 0.654 bits per heavy atom. The minimum absolute atomic E-state index is 0.956. The molecule has 1 aliphatic rings. The van der Waals surface area contributed by atoms with Crippen molar-refractivity contribution >= 4 is 0 Å². The molecule has 0 saturated carbocycles. The van der Waals surface area contributed by atoms with Crippen LogP contribution in [0.3, 0.4) is 0 Å². The zero-order chi connectivity index (χ0) is 18.9. The quantitative estimate of drug-likeness (QED) is 0.263. The van der Waals surface area contributed by atoms with Crippen molar-refractivity contribution in [2.45, 2.75) is 111 Å². The Hall–Kier alpha value is -0.0800. The maximum Gasteiger partial charge on any atom is 0.00106 e. The SMILES string of the molecule is CCCCCCCCCCCCN1CCC(CN(CCC)CCC)CC1. The molecule has 0 aromatic heterocycles. The molecule has 0 atom stereocenters. The maximum absolute atomic E-state index is 2.74. The van der Waals surface area contributed by atoms with Crippen LogP contribution < -0.4 is 0 Å². The topological polar surface area (TPSA) is 6.48 Å². The van der Waals surface area contributed by atoms with Gasteiger partial charge in [0.2, 0.25) is 0 Å². The molecule has 0 amide bonds. The van der Waals surface area contributed by atoms with Gasteiger partial charge in [-0.25, -0.2) is 0 Å². The molecule has 0 N–H and O–H groups in total. The van der Waals surface area contributed by atoms with E-state index in [0.717, 1.165) is 5.92 Å². The van der Waals surface area contributed by atoms with Gasteiger partial charge in [-0.2, -0.15) is 0 Å². The Bertz CT molecular complexity index is 278. The Morgan fingerprint density at radius 3 is 1.65 bits per heavy atom. The van der Waals surface area contributed by atoms with E-state index in [4.69, 9.17) is 0 Å². The average molecular weight is 367 g/mol. The fourth-order valence-corrected chi connectivity index (χ4v) is 4.51. The van der Waals surface area contributed by atoms with E-state index in [0.29, 0.717) is 0 Å². The van der Waals surface area contributed by atoms with Crippen LogP contribution in [0.1, 0.15) is 111 Å².